The van der Waals surface area contributed by atoms with E-state index in [4.69, 9.17) is 16.7 Å². The molecule has 172 valence electrons. The average Bonchev–Trinajstić information content (AvgIpc) is 3.11. The Morgan fingerprint density at radius 3 is 2.66 bits per heavy atom. The van der Waals surface area contributed by atoms with Crippen LogP contribution in [0.5, 0.6) is 0 Å². The maximum atomic E-state index is 11.0. The van der Waals surface area contributed by atoms with Gasteiger partial charge in [0, 0.05) is 56.6 Å². The van der Waals surface area contributed by atoms with E-state index in [0.717, 1.165) is 57.0 Å². The first-order valence-electron chi connectivity index (χ1n) is 11.4. The summed E-state index contributed by atoms with van der Waals surface area (Å²) in [5.41, 5.74) is 1.59. The molecule has 32 heavy (non-hydrogen) atoms. The second kappa shape index (κ2) is 10.0. The fourth-order valence-corrected chi connectivity index (χ4v) is 5.17. The van der Waals surface area contributed by atoms with Crippen LogP contribution in [0.1, 0.15) is 36.5 Å². The zero-order chi connectivity index (χ0) is 22.7. The number of carboxylic acid groups (broad SMARTS) is 1. The predicted octanol–water partition coefficient (Wildman–Crippen LogP) is 3.61. The molecule has 0 spiro atoms. The second-order valence-electron chi connectivity index (χ2n) is 8.95. The summed E-state index contributed by atoms with van der Waals surface area (Å²) in [7, 11) is 2.15. The minimum atomic E-state index is -0.996. The Labute approximate surface area is 195 Å². The first-order valence-corrected chi connectivity index (χ1v) is 11.8. The van der Waals surface area contributed by atoms with Gasteiger partial charge in [-0.25, -0.2) is 14.8 Å². The number of halogens is 1. The summed E-state index contributed by atoms with van der Waals surface area (Å²) in [5, 5.41) is 9.85. The van der Waals surface area contributed by atoms with Gasteiger partial charge in [0.15, 0.2) is 0 Å². The molecule has 1 aliphatic carbocycles. The van der Waals surface area contributed by atoms with Crippen molar-refractivity contribution in [2.45, 2.75) is 32.2 Å². The van der Waals surface area contributed by atoms with Crippen molar-refractivity contribution in [1.29, 1.82) is 0 Å². The van der Waals surface area contributed by atoms with Gasteiger partial charge in [0.25, 0.3) is 0 Å². The maximum Gasteiger partial charge on any atom is 0.338 e. The third-order valence-electron chi connectivity index (χ3n) is 6.89. The van der Waals surface area contributed by atoms with Gasteiger partial charge in [0.2, 0.25) is 5.95 Å². The Balaban J connectivity index is 1.26. The van der Waals surface area contributed by atoms with E-state index in [2.05, 4.69) is 57.0 Å². The summed E-state index contributed by atoms with van der Waals surface area (Å²) in [4.78, 5) is 26.5. The topological polar surface area (TPSA) is 72.8 Å². The normalized spacial score (nSPS) is 23.4. The highest BCUT2D eigenvalue weighted by Gasteiger charge is 2.32. The summed E-state index contributed by atoms with van der Waals surface area (Å²) < 4.78 is 0. The van der Waals surface area contributed by atoms with Crippen LogP contribution in [0.25, 0.3) is 0 Å². The van der Waals surface area contributed by atoms with Gasteiger partial charge in [0.1, 0.15) is 0 Å². The van der Waals surface area contributed by atoms with Crippen molar-refractivity contribution in [1.82, 2.24) is 19.8 Å². The van der Waals surface area contributed by atoms with Crippen molar-refractivity contribution >= 4 is 23.5 Å². The Hall–Kier alpha value is -2.38. The molecular formula is C24H32ClN5O2. The SMILES string of the molecule is CCN(CCC1=CN(C)C2C=CC(Cl)=CC12)CC1CCN(c2ncc(C(=O)O)cn2)CC1. The standard InChI is InChI=1S/C24H32ClN5O2/c1-3-29(9-8-18-16-28(2)22-5-4-20(25)12-21(18)22)15-17-6-10-30(11-7-17)24-26-13-19(14-27-24)23(31)32/h4-5,12-14,16-17,21-22H,3,6-11,15H2,1-2H3,(H,31,32). The van der Waals surface area contributed by atoms with Crippen LogP contribution >= 0.6 is 11.6 Å². The van der Waals surface area contributed by atoms with E-state index in [1.54, 1.807) is 0 Å². The zero-order valence-electron chi connectivity index (χ0n) is 18.8. The van der Waals surface area contributed by atoms with Crippen LogP contribution < -0.4 is 4.90 Å². The average molecular weight is 458 g/mol. The number of allylic oxidation sites excluding steroid dienone is 2. The molecule has 0 amide bonds. The highest BCUT2D eigenvalue weighted by molar-refractivity contribution is 6.31. The smallest absolute Gasteiger partial charge is 0.338 e. The number of rotatable bonds is 8. The van der Waals surface area contributed by atoms with Crippen molar-refractivity contribution in [3.05, 3.63) is 53.0 Å². The molecule has 1 fully saturated rings. The molecule has 0 aromatic carbocycles. The van der Waals surface area contributed by atoms with E-state index in [9.17, 15) is 4.79 Å². The van der Waals surface area contributed by atoms with Crippen molar-refractivity contribution in [2.24, 2.45) is 11.8 Å². The molecule has 1 aromatic rings. The molecule has 8 heteroatoms. The molecule has 0 bridgehead atoms. The van der Waals surface area contributed by atoms with Crippen LogP contribution in [0, 0.1) is 11.8 Å². The van der Waals surface area contributed by atoms with Crippen molar-refractivity contribution in [2.75, 3.05) is 44.7 Å². The summed E-state index contributed by atoms with van der Waals surface area (Å²) in [6.07, 6.45) is 14.7. The van der Waals surface area contributed by atoms with Gasteiger partial charge in [-0.05, 0) is 49.6 Å². The third-order valence-corrected chi connectivity index (χ3v) is 7.14. The van der Waals surface area contributed by atoms with E-state index < -0.39 is 5.97 Å². The molecule has 1 aromatic heterocycles. The fourth-order valence-electron chi connectivity index (χ4n) is 4.96. The van der Waals surface area contributed by atoms with E-state index in [0.29, 0.717) is 23.8 Å². The van der Waals surface area contributed by atoms with Gasteiger partial charge in [-0.3, -0.25) is 0 Å². The fraction of sp³-hybridized carbons (Fsp3) is 0.542. The molecule has 1 saturated heterocycles. The molecular weight excluding hydrogens is 426 g/mol. The lowest BCUT2D eigenvalue weighted by atomic mass is 9.89. The number of hydrogen-bond acceptors (Lipinski definition) is 6. The number of hydrogen-bond donors (Lipinski definition) is 1. The number of piperidine rings is 1. The predicted molar refractivity (Wildman–Crippen MR) is 127 cm³/mol. The van der Waals surface area contributed by atoms with Crippen LogP contribution in [0.3, 0.4) is 0 Å². The van der Waals surface area contributed by atoms with Crippen LogP contribution in [-0.2, 0) is 0 Å². The second-order valence-corrected chi connectivity index (χ2v) is 9.38. The zero-order valence-corrected chi connectivity index (χ0v) is 19.6. The molecule has 2 unspecified atom stereocenters. The van der Waals surface area contributed by atoms with Crippen LogP contribution in [0.15, 0.2) is 47.4 Å². The van der Waals surface area contributed by atoms with Crippen LogP contribution in [0.4, 0.5) is 5.95 Å². The first-order chi connectivity index (χ1) is 15.4. The van der Waals surface area contributed by atoms with Gasteiger partial charge < -0.3 is 19.8 Å². The molecule has 1 N–H and O–H groups in total. The lowest BCUT2D eigenvalue weighted by molar-refractivity contribution is 0.0696. The maximum absolute atomic E-state index is 11.0. The van der Waals surface area contributed by atoms with E-state index in [1.807, 2.05) is 6.08 Å². The van der Waals surface area contributed by atoms with Gasteiger partial charge in [0.05, 0.1) is 11.6 Å². The molecule has 3 heterocycles. The third kappa shape index (κ3) is 5.15. The minimum Gasteiger partial charge on any atom is -0.478 e. The number of carbonyl (C=O) groups is 1. The van der Waals surface area contributed by atoms with Gasteiger partial charge in [-0.2, -0.15) is 0 Å². The van der Waals surface area contributed by atoms with Crippen molar-refractivity contribution < 1.29 is 9.90 Å². The van der Waals surface area contributed by atoms with Crippen LogP contribution in [0.2, 0.25) is 0 Å². The number of aromatic nitrogens is 2. The number of aromatic carboxylic acids is 1. The van der Waals surface area contributed by atoms with E-state index >= 15 is 0 Å². The van der Waals surface area contributed by atoms with Gasteiger partial charge in [-0.15, -0.1) is 0 Å². The Kier molecular flexibility index (Phi) is 7.16. The highest BCUT2D eigenvalue weighted by atomic mass is 35.5. The number of carboxylic acids is 1. The Bertz CT molecular complexity index is 905. The molecule has 7 nitrogen and oxygen atoms in total. The summed E-state index contributed by atoms with van der Waals surface area (Å²) in [6.45, 7) is 7.28. The van der Waals surface area contributed by atoms with Crippen LogP contribution in [-0.4, -0.2) is 76.7 Å². The Morgan fingerprint density at radius 2 is 2.00 bits per heavy atom. The highest BCUT2D eigenvalue weighted by Crippen LogP contribution is 2.36. The monoisotopic (exact) mass is 457 g/mol. The molecule has 3 aliphatic rings. The molecule has 0 saturated carbocycles. The van der Waals surface area contributed by atoms with Crippen molar-refractivity contribution in [3.63, 3.8) is 0 Å². The summed E-state index contributed by atoms with van der Waals surface area (Å²) >= 11 is 6.27. The first kappa shape index (κ1) is 22.8. The molecule has 2 atom stereocenters. The molecule has 4 rings (SSSR count). The number of nitrogens with zero attached hydrogens (tertiary/aromatic N) is 5. The van der Waals surface area contributed by atoms with Gasteiger partial charge >= 0.3 is 5.97 Å². The lowest BCUT2D eigenvalue weighted by Gasteiger charge is -2.34. The lowest BCUT2D eigenvalue weighted by Crippen LogP contribution is -2.40. The van der Waals surface area contributed by atoms with Crippen molar-refractivity contribution in [3.8, 4) is 0 Å². The summed E-state index contributed by atoms with van der Waals surface area (Å²) in [6, 6.07) is 0.402. The minimum absolute atomic E-state index is 0.124. The number of fused-ring (bicyclic) bond motifs is 1. The van der Waals surface area contributed by atoms with E-state index in [-0.39, 0.29) is 5.56 Å². The molecule has 2 aliphatic heterocycles. The molecule has 0 radical (unpaired) electrons. The summed E-state index contributed by atoms with van der Waals surface area (Å²) in [5.74, 6) is 0.682. The Morgan fingerprint density at radius 1 is 1.28 bits per heavy atom. The number of likely N-dealkylation sites (N-methyl/N-ethyl adjacent to an activating group) is 1. The quantitative estimate of drug-likeness (QED) is 0.639. The van der Waals surface area contributed by atoms with Gasteiger partial charge in [-0.1, -0.05) is 30.7 Å². The van der Waals surface area contributed by atoms with E-state index in [1.165, 1.54) is 18.0 Å². The number of anilines is 1. The largest absolute Gasteiger partial charge is 0.478 e.